The van der Waals surface area contributed by atoms with Crippen LogP contribution in [0.2, 0.25) is 5.02 Å². The van der Waals surface area contributed by atoms with Crippen LogP contribution in [0.4, 0.5) is 17.6 Å². The van der Waals surface area contributed by atoms with Crippen molar-refractivity contribution in [3.8, 4) is 5.75 Å². The molecule has 0 aliphatic carbocycles. The second kappa shape index (κ2) is 9.12. The van der Waals surface area contributed by atoms with Gasteiger partial charge in [0.2, 0.25) is 0 Å². The molecule has 0 aromatic heterocycles. The molecule has 0 saturated carbocycles. The summed E-state index contributed by atoms with van der Waals surface area (Å²) >= 11 is 6.15. The van der Waals surface area contributed by atoms with E-state index in [-0.39, 0.29) is 21.9 Å². The lowest BCUT2D eigenvalue weighted by Gasteiger charge is -2.38. The number of aliphatic hydroxyl groups is 1. The maximum Gasteiger partial charge on any atom is 0.417 e. The van der Waals surface area contributed by atoms with Gasteiger partial charge < -0.3 is 9.84 Å². The Kier molecular flexibility index (Phi) is 7.38. The number of alkyl halides is 3. The number of hydrogen-bond acceptors (Lipinski definition) is 4. The van der Waals surface area contributed by atoms with Crippen molar-refractivity contribution in [1.82, 2.24) is 0 Å². The second-order valence-corrected chi connectivity index (χ2v) is 8.65. The topological polar surface area (TPSA) is 58.9 Å². The van der Waals surface area contributed by atoms with Crippen molar-refractivity contribution in [2.45, 2.75) is 56.8 Å². The Morgan fingerprint density at radius 3 is 2.32 bits per heavy atom. The molecule has 2 unspecified atom stereocenters. The van der Waals surface area contributed by atoms with Crippen LogP contribution in [0.3, 0.4) is 0 Å². The highest BCUT2D eigenvalue weighted by Gasteiger charge is 2.56. The van der Waals surface area contributed by atoms with Gasteiger partial charge >= 0.3 is 6.18 Å². The Bertz CT molecular complexity index is 949. The van der Waals surface area contributed by atoms with Gasteiger partial charge in [0, 0.05) is 17.0 Å². The van der Waals surface area contributed by atoms with Crippen LogP contribution in [-0.4, -0.2) is 24.0 Å². The fraction of sp³-hybridized carbons (Fsp3) is 0.455. The fourth-order valence-corrected chi connectivity index (χ4v) is 3.90. The molecule has 0 saturated heterocycles. The molecule has 1 N–H and O–H groups in total. The molecule has 0 radical (unpaired) electrons. The summed E-state index contributed by atoms with van der Waals surface area (Å²) in [7, 11) is 1.33. The molecule has 0 fully saturated rings. The van der Waals surface area contributed by atoms with E-state index in [1.807, 2.05) is 0 Å². The molecule has 0 aliphatic rings. The van der Waals surface area contributed by atoms with Crippen molar-refractivity contribution < 1.29 is 27.4 Å². The van der Waals surface area contributed by atoms with E-state index >= 15 is 0 Å². The van der Waals surface area contributed by atoms with E-state index in [4.69, 9.17) is 16.3 Å². The van der Waals surface area contributed by atoms with Gasteiger partial charge in [0.25, 0.3) is 0 Å². The standard InChI is InChI=1S/C22H24ClF4NO3/c1-13(28-30)14-5-6-15(18(23)9-14)11-21(29,22(25,26)27)12-20(2,3)17-10-16(24)7-8-19(17)31-4/h5-10,13,29H,11-12H2,1-4H3. The van der Waals surface area contributed by atoms with E-state index in [9.17, 15) is 27.6 Å². The summed E-state index contributed by atoms with van der Waals surface area (Å²) in [6.45, 7) is 4.48. The summed E-state index contributed by atoms with van der Waals surface area (Å²) < 4.78 is 61.1. The maximum absolute atomic E-state index is 14.0. The van der Waals surface area contributed by atoms with Crippen LogP contribution >= 0.6 is 11.6 Å². The van der Waals surface area contributed by atoms with Crippen LogP contribution in [0, 0.1) is 10.7 Å². The van der Waals surface area contributed by atoms with Crippen LogP contribution in [0.15, 0.2) is 41.6 Å². The van der Waals surface area contributed by atoms with Crippen molar-refractivity contribution in [3.05, 3.63) is 68.8 Å². The number of rotatable bonds is 8. The van der Waals surface area contributed by atoms with Crippen molar-refractivity contribution in [2.75, 3.05) is 7.11 Å². The molecule has 31 heavy (non-hydrogen) atoms. The van der Waals surface area contributed by atoms with Gasteiger partial charge in [-0.15, -0.1) is 0 Å². The van der Waals surface area contributed by atoms with Gasteiger partial charge in [-0.2, -0.15) is 18.1 Å². The zero-order valence-corrected chi connectivity index (χ0v) is 18.3. The molecule has 0 spiro atoms. The van der Waals surface area contributed by atoms with Crippen LogP contribution in [-0.2, 0) is 11.8 Å². The third-order valence-corrected chi connectivity index (χ3v) is 5.71. The van der Waals surface area contributed by atoms with Gasteiger partial charge in [0.15, 0.2) is 5.60 Å². The predicted octanol–water partition coefficient (Wildman–Crippen LogP) is 6.52. The quantitative estimate of drug-likeness (QED) is 0.359. The third kappa shape index (κ3) is 5.54. The minimum Gasteiger partial charge on any atom is -0.496 e. The first-order valence-electron chi connectivity index (χ1n) is 9.48. The van der Waals surface area contributed by atoms with Crippen molar-refractivity contribution in [2.24, 2.45) is 5.18 Å². The molecule has 0 amide bonds. The zero-order chi connectivity index (χ0) is 23.6. The zero-order valence-electron chi connectivity index (χ0n) is 17.6. The molecule has 9 heteroatoms. The summed E-state index contributed by atoms with van der Waals surface area (Å²) in [4.78, 5) is 10.7. The number of benzene rings is 2. The maximum atomic E-state index is 14.0. The lowest BCUT2D eigenvalue weighted by atomic mass is 9.72. The van der Waals surface area contributed by atoms with Gasteiger partial charge in [-0.3, -0.25) is 0 Å². The average Bonchev–Trinajstić information content (AvgIpc) is 2.67. The van der Waals surface area contributed by atoms with E-state index in [0.717, 1.165) is 12.1 Å². The first-order valence-corrected chi connectivity index (χ1v) is 9.86. The van der Waals surface area contributed by atoms with Crippen LogP contribution in [0.25, 0.3) is 0 Å². The normalized spacial score (nSPS) is 15.3. The molecule has 2 rings (SSSR count). The summed E-state index contributed by atoms with van der Waals surface area (Å²) in [5, 5.41) is 13.6. The molecule has 0 heterocycles. The minimum atomic E-state index is -5.00. The van der Waals surface area contributed by atoms with E-state index < -0.39 is 41.9 Å². The summed E-state index contributed by atoms with van der Waals surface area (Å²) in [5.74, 6) is -0.412. The second-order valence-electron chi connectivity index (χ2n) is 8.24. The molecule has 0 bridgehead atoms. The minimum absolute atomic E-state index is 0.0168. The highest BCUT2D eigenvalue weighted by molar-refractivity contribution is 6.31. The van der Waals surface area contributed by atoms with Gasteiger partial charge in [0.05, 0.1) is 7.11 Å². The monoisotopic (exact) mass is 461 g/mol. The number of methoxy groups -OCH3 is 1. The van der Waals surface area contributed by atoms with Crippen LogP contribution in [0.1, 0.15) is 49.9 Å². The summed E-state index contributed by atoms with van der Waals surface area (Å²) in [6, 6.07) is 7.01. The van der Waals surface area contributed by atoms with Gasteiger partial charge in [-0.1, -0.05) is 42.8 Å². The third-order valence-electron chi connectivity index (χ3n) is 5.35. The molecule has 170 valence electrons. The average molecular weight is 462 g/mol. The molecular weight excluding hydrogens is 438 g/mol. The summed E-state index contributed by atoms with van der Waals surface area (Å²) in [5.41, 5.74) is -3.76. The van der Waals surface area contributed by atoms with E-state index in [0.29, 0.717) is 5.56 Å². The van der Waals surface area contributed by atoms with Crippen molar-refractivity contribution >= 4 is 11.6 Å². The number of hydrogen-bond donors (Lipinski definition) is 1. The van der Waals surface area contributed by atoms with Gasteiger partial charge in [-0.05, 0) is 54.2 Å². The molecule has 0 aliphatic heterocycles. The molecule has 2 aromatic rings. The van der Waals surface area contributed by atoms with E-state index in [2.05, 4.69) is 5.18 Å². The first kappa shape index (κ1) is 25.1. The lowest BCUT2D eigenvalue weighted by Crippen LogP contribution is -2.51. The Balaban J connectivity index is 2.46. The smallest absolute Gasteiger partial charge is 0.417 e. The van der Waals surface area contributed by atoms with E-state index in [1.54, 1.807) is 0 Å². The number of halogens is 5. The lowest BCUT2D eigenvalue weighted by molar-refractivity contribution is -0.266. The van der Waals surface area contributed by atoms with Gasteiger partial charge in [0.1, 0.15) is 17.6 Å². The Morgan fingerprint density at radius 1 is 1.16 bits per heavy atom. The molecule has 2 atom stereocenters. The Hall–Kier alpha value is -2.19. The highest BCUT2D eigenvalue weighted by atomic mass is 35.5. The number of nitroso groups, excluding NO2 is 1. The first-order chi connectivity index (χ1) is 14.2. The van der Waals surface area contributed by atoms with Crippen molar-refractivity contribution in [3.63, 3.8) is 0 Å². The highest BCUT2D eigenvalue weighted by Crippen LogP contribution is 2.45. The fourth-order valence-electron chi connectivity index (χ4n) is 3.64. The molecular formula is C22H24ClF4NO3. The number of nitrogens with zero attached hydrogens (tertiary/aromatic N) is 1. The van der Waals surface area contributed by atoms with Crippen LogP contribution < -0.4 is 4.74 Å². The molecule has 4 nitrogen and oxygen atoms in total. The van der Waals surface area contributed by atoms with E-state index in [1.165, 1.54) is 52.1 Å². The molecule has 2 aromatic carbocycles. The predicted molar refractivity (Wildman–Crippen MR) is 111 cm³/mol. The van der Waals surface area contributed by atoms with Gasteiger partial charge in [-0.25, -0.2) is 4.39 Å². The van der Waals surface area contributed by atoms with Crippen molar-refractivity contribution in [1.29, 1.82) is 0 Å². The summed E-state index contributed by atoms with van der Waals surface area (Å²) in [6.07, 6.45) is -6.59. The number of ether oxygens (including phenoxy) is 1. The van der Waals surface area contributed by atoms with Crippen LogP contribution in [0.5, 0.6) is 5.75 Å². The SMILES string of the molecule is COc1ccc(F)cc1C(C)(C)CC(O)(Cc1ccc(C(C)N=O)cc1Cl)C(F)(F)F. The largest absolute Gasteiger partial charge is 0.496 e. The Morgan fingerprint density at radius 2 is 1.81 bits per heavy atom. The Labute approximate surface area is 183 Å².